The van der Waals surface area contributed by atoms with Crippen LogP contribution in [-0.4, -0.2) is 58.2 Å². The summed E-state index contributed by atoms with van der Waals surface area (Å²) in [5, 5.41) is 10.8. The summed E-state index contributed by atoms with van der Waals surface area (Å²) in [6.45, 7) is 8.59. The Balaban J connectivity index is 1.36. The number of H-pyrrole nitrogens is 2. The van der Waals surface area contributed by atoms with E-state index in [2.05, 4.69) is 51.9 Å². The van der Waals surface area contributed by atoms with Gasteiger partial charge < -0.3 is 24.3 Å². The molecule has 7 rings (SSSR count). The van der Waals surface area contributed by atoms with Gasteiger partial charge in [0.05, 0.1) is 30.3 Å². The number of imidazole rings is 1. The Kier molecular flexibility index (Phi) is 5.82. The quantitative estimate of drug-likeness (QED) is 0.283. The fourth-order valence-corrected chi connectivity index (χ4v) is 6.15. The number of hydrogen-bond donors (Lipinski definition) is 2. The lowest BCUT2D eigenvalue weighted by atomic mass is 9.88. The van der Waals surface area contributed by atoms with E-state index in [-0.39, 0.29) is 5.41 Å². The smallest absolute Gasteiger partial charge is 0.226 e. The summed E-state index contributed by atoms with van der Waals surface area (Å²) in [6, 6.07) is 6.80. The highest BCUT2D eigenvalue weighted by molar-refractivity contribution is 6.00. The standard InChI is InChI=1S/C31H36N6O2/c1-4-37-13-9-18(10-14-37)20-7-8-23-27(28(20)39-17-31(2)11-12-31)36-29(34-23)24-26-22(16-33-30(24)38-3)21(15-32)25(35-26)19-5-6-19/h7-8,16,18-19,35H,4-6,9-14,17H2,1-3H3,(H,34,36). The number of nitriles is 1. The number of aromatic nitrogens is 4. The van der Waals surface area contributed by atoms with Gasteiger partial charge in [0.1, 0.15) is 23.0 Å². The van der Waals surface area contributed by atoms with E-state index >= 15 is 0 Å². The number of nitrogens with zero attached hydrogens (tertiary/aromatic N) is 4. The number of nitrogens with one attached hydrogen (secondary N) is 2. The van der Waals surface area contributed by atoms with Gasteiger partial charge in [0.25, 0.3) is 0 Å². The van der Waals surface area contributed by atoms with Crippen LogP contribution in [-0.2, 0) is 0 Å². The first kappa shape index (κ1) is 24.5. The van der Waals surface area contributed by atoms with Crippen molar-refractivity contribution < 1.29 is 9.47 Å². The lowest BCUT2D eigenvalue weighted by molar-refractivity contribution is 0.214. The first-order valence-electron chi connectivity index (χ1n) is 14.4. The van der Waals surface area contributed by atoms with Crippen LogP contribution in [0, 0.1) is 16.7 Å². The van der Waals surface area contributed by atoms with Crippen LogP contribution in [0.2, 0.25) is 0 Å². The monoisotopic (exact) mass is 524 g/mol. The summed E-state index contributed by atoms with van der Waals surface area (Å²) in [5.41, 5.74) is 6.62. The van der Waals surface area contributed by atoms with Crippen molar-refractivity contribution >= 4 is 21.9 Å². The van der Waals surface area contributed by atoms with Gasteiger partial charge in [-0.1, -0.05) is 19.9 Å². The van der Waals surface area contributed by atoms with Crippen molar-refractivity contribution in [3.05, 3.63) is 35.2 Å². The Bertz CT molecular complexity index is 1600. The van der Waals surface area contributed by atoms with Gasteiger partial charge in [-0.3, -0.25) is 0 Å². The summed E-state index contributed by atoms with van der Waals surface area (Å²) in [7, 11) is 1.63. The number of pyridine rings is 1. The normalized spacial score (nSPS) is 19.4. The Morgan fingerprint density at radius 3 is 2.59 bits per heavy atom. The molecule has 0 radical (unpaired) electrons. The highest BCUT2D eigenvalue weighted by Crippen LogP contribution is 2.48. The van der Waals surface area contributed by atoms with Gasteiger partial charge in [-0.25, -0.2) is 9.97 Å². The largest absolute Gasteiger partial charge is 0.490 e. The molecule has 1 aromatic carbocycles. The second kappa shape index (κ2) is 9.27. The van der Waals surface area contributed by atoms with Gasteiger partial charge >= 0.3 is 0 Å². The summed E-state index contributed by atoms with van der Waals surface area (Å²) < 4.78 is 12.4. The van der Waals surface area contributed by atoms with Crippen LogP contribution in [0.4, 0.5) is 0 Å². The van der Waals surface area contributed by atoms with Crippen molar-refractivity contribution in [1.82, 2.24) is 24.8 Å². The van der Waals surface area contributed by atoms with E-state index in [1.807, 2.05) is 0 Å². The van der Waals surface area contributed by atoms with Crippen LogP contribution in [0.15, 0.2) is 18.3 Å². The lowest BCUT2D eigenvalue weighted by Gasteiger charge is -2.32. The van der Waals surface area contributed by atoms with Crippen LogP contribution < -0.4 is 9.47 Å². The molecule has 2 saturated carbocycles. The van der Waals surface area contributed by atoms with Crippen LogP contribution in [0.3, 0.4) is 0 Å². The highest BCUT2D eigenvalue weighted by atomic mass is 16.5. The van der Waals surface area contributed by atoms with Gasteiger partial charge in [-0.05, 0) is 75.7 Å². The summed E-state index contributed by atoms with van der Waals surface area (Å²) >= 11 is 0. The fourth-order valence-electron chi connectivity index (χ4n) is 6.15. The molecule has 0 atom stereocenters. The van der Waals surface area contributed by atoms with Crippen molar-refractivity contribution in [3.63, 3.8) is 0 Å². The van der Waals surface area contributed by atoms with Crippen molar-refractivity contribution in [3.8, 4) is 29.1 Å². The number of methoxy groups -OCH3 is 1. The number of hydrogen-bond acceptors (Lipinski definition) is 6. The predicted molar refractivity (Wildman–Crippen MR) is 151 cm³/mol. The van der Waals surface area contributed by atoms with Crippen molar-refractivity contribution in [2.24, 2.45) is 5.41 Å². The molecule has 0 bridgehead atoms. The molecule has 2 N–H and O–H groups in total. The summed E-state index contributed by atoms with van der Waals surface area (Å²) in [6.07, 6.45) is 8.63. The predicted octanol–water partition coefficient (Wildman–Crippen LogP) is 6.24. The SMILES string of the molecule is CCN1CCC(c2ccc3[nH]c(-c4c(OC)ncc5c(C#N)c(C6CC6)[nH]c45)nc3c2OCC2(C)CC2)CC1. The molecule has 4 heterocycles. The second-order valence-electron chi connectivity index (χ2n) is 12.0. The van der Waals surface area contributed by atoms with Gasteiger partial charge in [0, 0.05) is 28.6 Å². The first-order valence-corrected chi connectivity index (χ1v) is 14.4. The average Bonchev–Trinajstić information content (AvgIpc) is 3.87. The Hall–Kier alpha value is -3.57. The Morgan fingerprint density at radius 2 is 1.92 bits per heavy atom. The number of rotatable bonds is 8. The molecule has 8 nitrogen and oxygen atoms in total. The maximum Gasteiger partial charge on any atom is 0.226 e. The molecule has 0 spiro atoms. The van der Waals surface area contributed by atoms with Crippen molar-refractivity contribution in [2.75, 3.05) is 33.4 Å². The zero-order chi connectivity index (χ0) is 26.7. The number of fused-ring (bicyclic) bond motifs is 2. The minimum absolute atomic E-state index is 0.264. The van der Waals surface area contributed by atoms with E-state index in [1.165, 1.54) is 18.4 Å². The average molecular weight is 525 g/mol. The van der Waals surface area contributed by atoms with E-state index in [9.17, 15) is 5.26 Å². The molecule has 2 aliphatic carbocycles. The third-order valence-electron chi connectivity index (χ3n) is 9.15. The molecule has 0 amide bonds. The van der Waals surface area contributed by atoms with Crippen molar-refractivity contribution in [1.29, 1.82) is 5.26 Å². The van der Waals surface area contributed by atoms with Gasteiger partial charge in [0.15, 0.2) is 5.75 Å². The summed E-state index contributed by atoms with van der Waals surface area (Å²) in [4.78, 5) is 19.4. The van der Waals surface area contributed by atoms with Gasteiger partial charge in [0.2, 0.25) is 5.88 Å². The molecule has 1 aliphatic heterocycles. The molecule has 3 aromatic heterocycles. The molecular weight excluding hydrogens is 488 g/mol. The number of aromatic amines is 2. The van der Waals surface area contributed by atoms with Crippen LogP contribution in [0.1, 0.15) is 81.0 Å². The van der Waals surface area contributed by atoms with E-state index in [0.717, 1.165) is 84.3 Å². The highest BCUT2D eigenvalue weighted by Gasteiger charge is 2.39. The third kappa shape index (κ3) is 4.24. The minimum Gasteiger partial charge on any atom is -0.490 e. The van der Waals surface area contributed by atoms with Crippen LogP contribution in [0.25, 0.3) is 33.3 Å². The molecule has 202 valence electrons. The van der Waals surface area contributed by atoms with Crippen LogP contribution in [0.5, 0.6) is 11.6 Å². The maximum atomic E-state index is 9.97. The molecule has 4 aromatic rings. The first-order chi connectivity index (χ1) is 19.0. The van der Waals surface area contributed by atoms with Gasteiger partial charge in [-0.2, -0.15) is 5.26 Å². The number of likely N-dealkylation sites (tertiary alicyclic amines) is 1. The molecule has 3 aliphatic rings. The van der Waals surface area contributed by atoms with E-state index in [0.29, 0.717) is 35.7 Å². The number of benzene rings is 1. The minimum atomic E-state index is 0.264. The second-order valence-corrected chi connectivity index (χ2v) is 12.0. The molecular formula is C31H36N6O2. The number of ether oxygens (including phenoxy) is 2. The number of piperidine rings is 1. The molecule has 1 saturated heterocycles. The molecule has 3 fully saturated rings. The molecule has 8 heteroatoms. The lowest BCUT2D eigenvalue weighted by Crippen LogP contribution is -2.32. The maximum absolute atomic E-state index is 9.97. The molecule has 0 unspecified atom stereocenters. The van der Waals surface area contributed by atoms with E-state index < -0.39 is 0 Å². The summed E-state index contributed by atoms with van der Waals surface area (Å²) in [5.74, 6) is 2.94. The van der Waals surface area contributed by atoms with E-state index in [4.69, 9.17) is 14.5 Å². The van der Waals surface area contributed by atoms with E-state index in [1.54, 1.807) is 13.3 Å². The Morgan fingerprint density at radius 1 is 1.13 bits per heavy atom. The van der Waals surface area contributed by atoms with Gasteiger partial charge in [-0.15, -0.1) is 0 Å². The molecule has 39 heavy (non-hydrogen) atoms. The topological polar surface area (TPSA) is 103 Å². The zero-order valence-corrected chi connectivity index (χ0v) is 23.1. The zero-order valence-electron chi connectivity index (χ0n) is 23.1. The van der Waals surface area contributed by atoms with Crippen molar-refractivity contribution in [2.45, 2.75) is 64.2 Å². The third-order valence-corrected chi connectivity index (χ3v) is 9.15. The Labute approximate surface area is 228 Å². The van der Waals surface area contributed by atoms with Crippen LogP contribution >= 0.6 is 0 Å². The fraction of sp³-hybridized carbons (Fsp3) is 0.516.